The van der Waals surface area contributed by atoms with Crippen LogP contribution in [0.25, 0.3) is 9.34 Å². The zero-order valence-electron chi connectivity index (χ0n) is 13.1. The highest BCUT2D eigenvalue weighted by molar-refractivity contribution is 14.1. The lowest BCUT2D eigenvalue weighted by Gasteiger charge is -2.21. The summed E-state index contributed by atoms with van der Waals surface area (Å²) in [5, 5.41) is 0.690. The Labute approximate surface area is 165 Å². The number of nitrogens with zero attached hydrogens (tertiary/aromatic N) is 1. The van der Waals surface area contributed by atoms with Crippen LogP contribution in [0.4, 0.5) is 5.69 Å². The van der Waals surface area contributed by atoms with Crippen LogP contribution in [0.15, 0.2) is 83.9 Å². The first-order chi connectivity index (χ1) is 12.2. The maximum atomic E-state index is 6.23. The number of ether oxygens (including phenoxy) is 1. The summed E-state index contributed by atoms with van der Waals surface area (Å²) in [6.45, 7) is 0. The third-order valence-electron chi connectivity index (χ3n) is 3.89. The van der Waals surface area contributed by atoms with Crippen molar-refractivity contribution in [2.75, 3.05) is 0 Å². The molecular formula is C21H13ClINO. The molecule has 0 aliphatic carbocycles. The lowest BCUT2D eigenvalue weighted by Crippen LogP contribution is -2.11. The second kappa shape index (κ2) is 7.02. The predicted octanol–water partition coefficient (Wildman–Crippen LogP) is 6.71. The number of hydrogen-bond acceptors (Lipinski definition) is 2. The summed E-state index contributed by atoms with van der Waals surface area (Å²) in [6, 6.07) is 25.8. The molecule has 0 radical (unpaired) electrons. The lowest BCUT2D eigenvalue weighted by atomic mass is 10.1. The first-order valence-electron chi connectivity index (χ1n) is 7.79. The summed E-state index contributed by atoms with van der Waals surface area (Å²) in [4.78, 5) is 4.69. The number of aliphatic imine (C=N–C) groups is 1. The van der Waals surface area contributed by atoms with Gasteiger partial charge in [-0.15, -0.1) is 0 Å². The van der Waals surface area contributed by atoms with Crippen LogP contribution >= 0.6 is 34.2 Å². The Morgan fingerprint density at radius 3 is 2.28 bits per heavy atom. The highest BCUT2D eigenvalue weighted by Crippen LogP contribution is 2.40. The molecule has 0 spiro atoms. The summed E-state index contributed by atoms with van der Waals surface area (Å²) >= 11 is 8.34. The second-order valence-corrected chi connectivity index (χ2v) is 7.07. The zero-order chi connectivity index (χ0) is 17.2. The molecule has 1 aliphatic heterocycles. The Hall–Kier alpha value is -2.11. The molecule has 0 atom stereocenters. The van der Waals surface area contributed by atoms with Gasteiger partial charge in [0.15, 0.2) is 5.76 Å². The van der Waals surface area contributed by atoms with Crippen molar-refractivity contribution in [1.82, 2.24) is 0 Å². The van der Waals surface area contributed by atoms with E-state index in [-0.39, 0.29) is 0 Å². The van der Waals surface area contributed by atoms with E-state index in [1.807, 2.05) is 66.7 Å². The largest absolute Gasteiger partial charge is 0.437 e. The van der Waals surface area contributed by atoms with E-state index in [4.69, 9.17) is 16.3 Å². The summed E-state index contributed by atoms with van der Waals surface area (Å²) in [6.07, 6.45) is 0. The maximum Gasteiger partial charge on any atom is 0.227 e. The van der Waals surface area contributed by atoms with E-state index in [9.17, 15) is 0 Å². The number of hydrogen-bond donors (Lipinski definition) is 0. The van der Waals surface area contributed by atoms with Crippen molar-refractivity contribution in [2.24, 2.45) is 4.99 Å². The van der Waals surface area contributed by atoms with E-state index >= 15 is 0 Å². The molecule has 4 heteroatoms. The minimum atomic E-state index is 0.579. The van der Waals surface area contributed by atoms with E-state index in [2.05, 4.69) is 39.7 Å². The smallest absolute Gasteiger partial charge is 0.227 e. The van der Waals surface area contributed by atoms with Gasteiger partial charge in [0.05, 0.1) is 9.27 Å². The third kappa shape index (κ3) is 3.34. The van der Waals surface area contributed by atoms with Crippen molar-refractivity contribution in [3.63, 3.8) is 0 Å². The standard InChI is InChI=1S/C21H13ClINO/c22-16-12-10-15(11-13-16)21-24-18-9-5-4-8-17(18)20(25-21)19(23)14-6-2-1-3-7-14/h1-13H/b20-19-. The molecule has 3 aromatic carbocycles. The summed E-state index contributed by atoms with van der Waals surface area (Å²) < 4.78 is 7.28. The van der Waals surface area contributed by atoms with Crippen molar-refractivity contribution in [1.29, 1.82) is 0 Å². The van der Waals surface area contributed by atoms with Gasteiger partial charge >= 0.3 is 0 Å². The van der Waals surface area contributed by atoms with Crippen molar-refractivity contribution in [3.8, 4) is 0 Å². The molecule has 0 unspecified atom stereocenters. The fourth-order valence-corrected chi connectivity index (χ4v) is 3.53. The van der Waals surface area contributed by atoms with Crippen LogP contribution in [-0.2, 0) is 4.74 Å². The number of benzene rings is 3. The van der Waals surface area contributed by atoms with Crippen molar-refractivity contribution in [3.05, 3.63) is 101 Å². The highest BCUT2D eigenvalue weighted by Gasteiger charge is 2.22. The van der Waals surface area contributed by atoms with Gasteiger partial charge in [0.25, 0.3) is 0 Å². The fourth-order valence-electron chi connectivity index (χ4n) is 2.64. The molecule has 0 bridgehead atoms. The predicted molar refractivity (Wildman–Crippen MR) is 112 cm³/mol. The molecule has 4 rings (SSSR count). The normalized spacial score (nSPS) is 15.0. The number of halogens is 2. The third-order valence-corrected chi connectivity index (χ3v) is 5.25. The molecule has 0 aromatic heterocycles. The van der Waals surface area contributed by atoms with Gasteiger partial charge in [-0.2, -0.15) is 0 Å². The van der Waals surface area contributed by atoms with Crippen molar-refractivity contribution >= 4 is 55.1 Å². The van der Waals surface area contributed by atoms with Gasteiger partial charge in [0, 0.05) is 16.1 Å². The SMILES string of the molecule is Clc1ccc(C2=Nc3ccccc3/C(=C(/I)c3ccccc3)O2)cc1. The van der Waals surface area contributed by atoms with Crippen LogP contribution < -0.4 is 0 Å². The molecule has 3 aromatic rings. The quantitative estimate of drug-likeness (QED) is 0.392. The lowest BCUT2D eigenvalue weighted by molar-refractivity contribution is 0.506. The molecule has 0 amide bonds. The van der Waals surface area contributed by atoms with Gasteiger partial charge in [0.1, 0.15) is 0 Å². The first kappa shape index (κ1) is 16.4. The monoisotopic (exact) mass is 457 g/mol. The van der Waals surface area contributed by atoms with E-state index in [0.717, 1.165) is 31.7 Å². The fraction of sp³-hybridized carbons (Fsp3) is 0. The molecule has 0 N–H and O–H groups in total. The Bertz CT molecular complexity index is 978. The summed E-state index contributed by atoms with van der Waals surface area (Å²) in [5.74, 6) is 1.40. The Balaban J connectivity index is 1.87. The van der Waals surface area contributed by atoms with E-state index in [1.54, 1.807) is 0 Å². The average Bonchev–Trinajstić information content (AvgIpc) is 2.68. The van der Waals surface area contributed by atoms with E-state index in [0.29, 0.717) is 10.9 Å². The second-order valence-electron chi connectivity index (χ2n) is 5.55. The van der Waals surface area contributed by atoms with Crippen LogP contribution in [0.2, 0.25) is 5.02 Å². The van der Waals surface area contributed by atoms with E-state index in [1.165, 1.54) is 0 Å². The van der Waals surface area contributed by atoms with Gasteiger partial charge < -0.3 is 4.74 Å². The van der Waals surface area contributed by atoms with Gasteiger partial charge in [-0.25, -0.2) is 4.99 Å². The molecule has 122 valence electrons. The average molecular weight is 458 g/mol. The molecule has 0 saturated heterocycles. The molecule has 2 nitrogen and oxygen atoms in total. The van der Waals surface area contributed by atoms with Crippen LogP contribution in [0.3, 0.4) is 0 Å². The Kier molecular flexibility index (Phi) is 4.59. The van der Waals surface area contributed by atoms with E-state index < -0.39 is 0 Å². The number of para-hydroxylation sites is 1. The van der Waals surface area contributed by atoms with Crippen LogP contribution in [0.1, 0.15) is 16.7 Å². The Morgan fingerprint density at radius 1 is 0.840 bits per heavy atom. The minimum Gasteiger partial charge on any atom is -0.437 e. The molecule has 1 heterocycles. The summed E-state index contributed by atoms with van der Waals surface area (Å²) in [7, 11) is 0. The number of fused-ring (bicyclic) bond motifs is 1. The summed E-state index contributed by atoms with van der Waals surface area (Å²) in [5.41, 5.74) is 3.91. The van der Waals surface area contributed by atoms with Gasteiger partial charge in [-0.05, 0) is 64.6 Å². The van der Waals surface area contributed by atoms with Crippen molar-refractivity contribution in [2.45, 2.75) is 0 Å². The van der Waals surface area contributed by atoms with Crippen LogP contribution in [0, 0.1) is 0 Å². The highest BCUT2D eigenvalue weighted by atomic mass is 127. The van der Waals surface area contributed by atoms with Gasteiger partial charge in [-0.1, -0.05) is 54.1 Å². The number of rotatable bonds is 2. The maximum absolute atomic E-state index is 6.23. The minimum absolute atomic E-state index is 0.579. The topological polar surface area (TPSA) is 21.6 Å². The van der Waals surface area contributed by atoms with Gasteiger partial charge in [-0.3, -0.25) is 0 Å². The Morgan fingerprint density at radius 2 is 1.52 bits per heavy atom. The molecule has 25 heavy (non-hydrogen) atoms. The first-order valence-corrected chi connectivity index (χ1v) is 9.25. The molecule has 0 saturated carbocycles. The molecular weight excluding hydrogens is 445 g/mol. The van der Waals surface area contributed by atoms with Crippen LogP contribution in [0.5, 0.6) is 0 Å². The molecule has 1 aliphatic rings. The van der Waals surface area contributed by atoms with Crippen molar-refractivity contribution < 1.29 is 4.74 Å². The molecule has 0 fully saturated rings. The van der Waals surface area contributed by atoms with Crippen LogP contribution in [-0.4, -0.2) is 5.90 Å². The van der Waals surface area contributed by atoms with Gasteiger partial charge in [0.2, 0.25) is 5.90 Å². The zero-order valence-corrected chi connectivity index (χ0v) is 16.0.